The van der Waals surface area contributed by atoms with Crippen molar-refractivity contribution in [3.05, 3.63) is 70.2 Å². The van der Waals surface area contributed by atoms with Gasteiger partial charge in [0.05, 0.1) is 0 Å². The largest absolute Gasteiger partial charge is 0.327 e. The maximum absolute atomic E-state index is 6.35. The number of benzene rings is 2. The molecule has 0 radical (unpaired) electrons. The fourth-order valence-electron chi connectivity index (χ4n) is 3.04. The lowest BCUT2D eigenvalue weighted by atomic mass is 9.76. The summed E-state index contributed by atoms with van der Waals surface area (Å²) in [5.41, 5.74) is 10.5. The average Bonchev–Trinajstić information content (AvgIpc) is 2.43. The predicted molar refractivity (Wildman–Crippen MR) is 80.6 cm³/mol. The van der Waals surface area contributed by atoms with Gasteiger partial charge in [-0.25, -0.2) is 0 Å². The van der Waals surface area contributed by atoms with Gasteiger partial charge in [0.1, 0.15) is 0 Å². The maximum Gasteiger partial charge on any atom is 0.0408 e. The van der Waals surface area contributed by atoms with Gasteiger partial charge in [-0.3, -0.25) is 0 Å². The Morgan fingerprint density at radius 1 is 1.11 bits per heavy atom. The zero-order valence-electron chi connectivity index (χ0n) is 10.9. The Bertz CT molecular complexity index is 565. The summed E-state index contributed by atoms with van der Waals surface area (Å²) in [6.07, 6.45) is 3.10. The smallest absolute Gasteiger partial charge is 0.0408 e. The van der Waals surface area contributed by atoms with E-state index in [2.05, 4.69) is 42.5 Å². The van der Waals surface area contributed by atoms with Crippen LogP contribution in [0.3, 0.4) is 0 Å². The molecule has 2 aromatic carbocycles. The van der Waals surface area contributed by atoms with Gasteiger partial charge < -0.3 is 5.73 Å². The molecule has 0 saturated carbocycles. The molecular weight excluding hydrogens is 254 g/mol. The highest BCUT2D eigenvalue weighted by Gasteiger charge is 2.27. The Hall–Kier alpha value is -1.31. The first-order valence-electron chi connectivity index (χ1n) is 6.82. The maximum atomic E-state index is 6.35. The number of fused-ring (bicyclic) bond motifs is 1. The molecule has 98 valence electrons. The second-order valence-electron chi connectivity index (χ2n) is 5.34. The summed E-state index contributed by atoms with van der Waals surface area (Å²) >= 11 is 6.09. The van der Waals surface area contributed by atoms with E-state index in [0.29, 0.717) is 5.92 Å². The molecule has 0 bridgehead atoms. The van der Waals surface area contributed by atoms with E-state index in [0.717, 1.165) is 24.3 Å². The van der Waals surface area contributed by atoms with Crippen molar-refractivity contribution in [1.82, 2.24) is 0 Å². The van der Waals surface area contributed by atoms with Crippen LogP contribution in [0.25, 0.3) is 0 Å². The zero-order chi connectivity index (χ0) is 13.2. The molecule has 0 aliphatic heterocycles. The molecule has 19 heavy (non-hydrogen) atoms. The van der Waals surface area contributed by atoms with Crippen LogP contribution >= 0.6 is 11.6 Å². The van der Waals surface area contributed by atoms with Gasteiger partial charge in [-0.2, -0.15) is 0 Å². The number of aryl methyl sites for hydroxylation is 1. The predicted octanol–water partition coefficient (Wildman–Crippen LogP) is 3.94. The molecule has 2 atom stereocenters. The van der Waals surface area contributed by atoms with E-state index in [-0.39, 0.29) is 6.04 Å². The molecule has 1 nitrogen and oxygen atoms in total. The standard InChI is InChI=1S/C17H18ClN/c18-14-7-8-15-13(11-14)6-9-17(19)16(15)10-12-4-2-1-3-5-12/h1-5,7-8,11,16-17H,6,9-10,19H2/t16-,17+/m1/s1. The molecule has 1 aliphatic carbocycles. The lowest BCUT2D eigenvalue weighted by Gasteiger charge is -2.31. The second kappa shape index (κ2) is 5.36. The van der Waals surface area contributed by atoms with Crippen molar-refractivity contribution >= 4 is 11.6 Å². The lowest BCUT2D eigenvalue weighted by Crippen LogP contribution is -2.34. The van der Waals surface area contributed by atoms with Crippen molar-refractivity contribution in [1.29, 1.82) is 0 Å². The third-order valence-corrected chi connectivity index (χ3v) is 4.30. The normalized spacial score (nSPS) is 22.0. The summed E-state index contributed by atoms with van der Waals surface area (Å²) < 4.78 is 0. The summed E-state index contributed by atoms with van der Waals surface area (Å²) in [5.74, 6) is 0.406. The molecule has 2 heteroatoms. The van der Waals surface area contributed by atoms with Crippen LogP contribution in [0.4, 0.5) is 0 Å². The number of halogens is 1. The van der Waals surface area contributed by atoms with Gasteiger partial charge >= 0.3 is 0 Å². The van der Waals surface area contributed by atoms with E-state index in [4.69, 9.17) is 17.3 Å². The number of hydrogen-bond donors (Lipinski definition) is 1. The van der Waals surface area contributed by atoms with E-state index >= 15 is 0 Å². The van der Waals surface area contributed by atoms with E-state index in [1.807, 2.05) is 6.07 Å². The van der Waals surface area contributed by atoms with E-state index in [1.165, 1.54) is 16.7 Å². The molecular formula is C17H18ClN. The minimum absolute atomic E-state index is 0.244. The summed E-state index contributed by atoms with van der Waals surface area (Å²) in [5, 5.41) is 0.827. The first-order valence-corrected chi connectivity index (χ1v) is 7.19. The molecule has 0 spiro atoms. The van der Waals surface area contributed by atoms with Crippen molar-refractivity contribution in [2.24, 2.45) is 5.73 Å². The van der Waals surface area contributed by atoms with E-state index in [1.54, 1.807) is 0 Å². The van der Waals surface area contributed by atoms with Gasteiger partial charge in [-0.15, -0.1) is 0 Å². The van der Waals surface area contributed by atoms with Crippen molar-refractivity contribution in [2.75, 3.05) is 0 Å². The van der Waals surface area contributed by atoms with Crippen molar-refractivity contribution in [2.45, 2.75) is 31.2 Å². The van der Waals surface area contributed by atoms with Gasteiger partial charge in [0.25, 0.3) is 0 Å². The monoisotopic (exact) mass is 271 g/mol. The SMILES string of the molecule is N[C@H]1CCc2cc(Cl)ccc2[C@H]1Cc1ccccc1. The van der Waals surface area contributed by atoms with Crippen molar-refractivity contribution in [3.63, 3.8) is 0 Å². The van der Waals surface area contributed by atoms with Crippen LogP contribution in [-0.2, 0) is 12.8 Å². The Morgan fingerprint density at radius 2 is 1.89 bits per heavy atom. The molecule has 3 rings (SSSR count). The van der Waals surface area contributed by atoms with Crippen LogP contribution < -0.4 is 5.73 Å². The summed E-state index contributed by atoms with van der Waals surface area (Å²) in [6, 6.07) is 17.1. The third kappa shape index (κ3) is 2.68. The van der Waals surface area contributed by atoms with Crippen LogP contribution in [0.2, 0.25) is 5.02 Å². The van der Waals surface area contributed by atoms with Crippen LogP contribution in [-0.4, -0.2) is 6.04 Å². The molecule has 0 amide bonds. The molecule has 2 N–H and O–H groups in total. The lowest BCUT2D eigenvalue weighted by molar-refractivity contribution is 0.467. The average molecular weight is 272 g/mol. The third-order valence-electron chi connectivity index (χ3n) is 4.07. The Kier molecular flexibility index (Phi) is 3.58. The van der Waals surface area contributed by atoms with Crippen LogP contribution in [0.1, 0.15) is 29.0 Å². The molecule has 1 aliphatic rings. The van der Waals surface area contributed by atoms with E-state index in [9.17, 15) is 0 Å². The Morgan fingerprint density at radius 3 is 2.68 bits per heavy atom. The highest BCUT2D eigenvalue weighted by atomic mass is 35.5. The zero-order valence-corrected chi connectivity index (χ0v) is 11.6. The second-order valence-corrected chi connectivity index (χ2v) is 5.78. The van der Waals surface area contributed by atoms with Gasteiger partial charge in [0.2, 0.25) is 0 Å². The van der Waals surface area contributed by atoms with Crippen LogP contribution in [0.5, 0.6) is 0 Å². The molecule has 0 fully saturated rings. The molecule has 0 saturated heterocycles. The highest BCUT2D eigenvalue weighted by Crippen LogP contribution is 2.34. The highest BCUT2D eigenvalue weighted by molar-refractivity contribution is 6.30. The van der Waals surface area contributed by atoms with Gasteiger partial charge in [-0.05, 0) is 48.1 Å². The van der Waals surface area contributed by atoms with Gasteiger partial charge in [0, 0.05) is 17.0 Å². The minimum atomic E-state index is 0.244. The van der Waals surface area contributed by atoms with Gasteiger partial charge in [-0.1, -0.05) is 48.0 Å². The molecule has 0 unspecified atom stereocenters. The van der Waals surface area contributed by atoms with Crippen molar-refractivity contribution < 1.29 is 0 Å². The minimum Gasteiger partial charge on any atom is -0.327 e. The van der Waals surface area contributed by atoms with Crippen LogP contribution in [0, 0.1) is 0 Å². The molecule has 0 aromatic heterocycles. The number of nitrogens with two attached hydrogens (primary N) is 1. The summed E-state index contributed by atoms with van der Waals surface area (Å²) in [6.45, 7) is 0. The first-order chi connectivity index (χ1) is 9.24. The van der Waals surface area contributed by atoms with Crippen LogP contribution in [0.15, 0.2) is 48.5 Å². The summed E-state index contributed by atoms with van der Waals surface area (Å²) in [4.78, 5) is 0. The molecule has 0 heterocycles. The Labute approximate surface area is 119 Å². The topological polar surface area (TPSA) is 26.0 Å². The molecule has 2 aromatic rings. The fourth-order valence-corrected chi connectivity index (χ4v) is 3.23. The quantitative estimate of drug-likeness (QED) is 0.880. The first kappa shape index (κ1) is 12.7. The van der Waals surface area contributed by atoms with E-state index < -0.39 is 0 Å². The summed E-state index contributed by atoms with van der Waals surface area (Å²) in [7, 11) is 0. The Balaban J connectivity index is 1.93. The number of rotatable bonds is 2. The van der Waals surface area contributed by atoms with Crippen molar-refractivity contribution in [3.8, 4) is 0 Å². The fraction of sp³-hybridized carbons (Fsp3) is 0.294. The van der Waals surface area contributed by atoms with Gasteiger partial charge in [0.15, 0.2) is 0 Å². The number of hydrogen-bond acceptors (Lipinski definition) is 1.